The lowest BCUT2D eigenvalue weighted by molar-refractivity contribution is 0.261. The molecule has 0 aromatic rings. The van der Waals surface area contributed by atoms with Gasteiger partial charge in [0, 0.05) is 5.25 Å². The molecule has 3 fully saturated rings. The molecule has 0 heterocycles. The van der Waals surface area contributed by atoms with Crippen LogP contribution in [0.4, 0.5) is 0 Å². The van der Waals surface area contributed by atoms with Gasteiger partial charge in [-0.1, -0.05) is 39.0 Å². The quantitative estimate of drug-likeness (QED) is 0.626. The van der Waals surface area contributed by atoms with E-state index in [1.807, 2.05) is 0 Å². The first kappa shape index (κ1) is 14.3. The van der Waals surface area contributed by atoms with Gasteiger partial charge in [-0.2, -0.15) is 12.6 Å². The standard InChI is InChI=1S/C18H32S/c1-13-9-16(11-14-5-2-3-6-14)17(10-13)12-15-7-4-8-18(15)19/h13-19H,2-12H2,1H3. The van der Waals surface area contributed by atoms with Crippen LogP contribution in [0, 0.1) is 29.6 Å². The SMILES string of the molecule is CC1CC(CC2CCCC2)C(CC2CCCC2S)C1. The Labute approximate surface area is 125 Å². The van der Waals surface area contributed by atoms with Crippen molar-refractivity contribution in [2.45, 2.75) is 82.8 Å². The molecule has 0 radical (unpaired) electrons. The molecular formula is C18H32S. The van der Waals surface area contributed by atoms with Gasteiger partial charge in [-0.15, -0.1) is 0 Å². The second-order valence-electron chi connectivity index (χ2n) is 7.98. The molecule has 0 aliphatic heterocycles. The zero-order valence-corrected chi connectivity index (χ0v) is 13.6. The Morgan fingerprint density at radius 1 is 0.789 bits per heavy atom. The molecule has 1 heteroatoms. The summed E-state index contributed by atoms with van der Waals surface area (Å²) in [6.07, 6.45) is 16.5. The van der Waals surface area contributed by atoms with E-state index in [9.17, 15) is 0 Å². The summed E-state index contributed by atoms with van der Waals surface area (Å²) in [7, 11) is 0. The maximum Gasteiger partial charge on any atom is 0.00451 e. The number of thiol groups is 1. The second-order valence-corrected chi connectivity index (χ2v) is 8.64. The number of hydrogen-bond acceptors (Lipinski definition) is 1. The molecule has 3 rings (SSSR count). The second kappa shape index (κ2) is 6.41. The van der Waals surface area contributed by atoms with Crippen LogP contribution in [-0.4, -0.2) is 5.25 Å². The first-order valence-corrected chi connectivity index (χ1v) is 9.42. The molecule has 5 unspecified atom stereocenters. The molecule has 0 aromatic heterocycles. The Bertz CT molecular complexity index is 281. The van der Waals surface area contributed by atoms with Gasteiger partial charge in [-0.3, -0.25) is 0 Å². The van der Waals surface area contributed by atoms with Crippen LogP contribution in [0.3, 0.4) is 0 Å². The van der Waals surface area contributed by atoms with E-state index in [4.69, 9.17) is 12.6 Å². The highest BCUT2D eigenvalue weighted by atomic mass is 32.1. The Kier molecular flexibility index (Phi) is 4.82. The predicted molar refractivity (Wildman–Crippen MR) is 86.7 cm³/mol. The van der Waals surface area contributed by atoms with Crippen molar-refractivity contribution in [3.63, 3.8) is 0 Å². The van der Waals surface area contributed by atoms with Crippen molar-refractivity contribution in [3.8, 4) is 0 Å². The van der Waals surface area contributed by atoms with E-state index in [1.54, 1.807) is 6.42 Å². The van der Waals surface area contributed by atoms with Gasteiger partial charge < -0.3 is 0 Å². The summed E-state index contributed by atoms with van der Waals surface area (Å²) < 4.78 is 0. The van der Waals surface area contributed by atoms with Crippen molar-refractivity contribution in [3.05, 3.63) is 0 Å². The summed E-state index contributed by atoms with van der Waals surface area (Å²) in [5, 5.41) is 0.725. The van der Waals surface area contributed by atoms with Gasteiger partial charge in [0.15, 0.2) is 0 Å². The van der Waals surface area contributed by atoms with E-state index in [0.29, 0.717) is 0 Å². The van der Waals surface area contributed by atoms with Crippen LogP contribution in [0.15, 0.2) is 0 Å². The van der Waals surface area contributed by atoms with Crippen LogP contribution in [0.2, 0.25) is 0 Å². The normalized spacial score (nSPS) is 44.2. The van der Waals surface area contributed by atoms with E-state index < -0.39 is 0 Å². The van der Waals surface area contributed by atoms with Gasteiger partial charge in [-0.05, 0) is 68.1 Å². The molecular weight excluding hydrogens is 248 g/mol. The first-order chi connectivity index (χ1) is 9.22. The van der Waals surface area contributed by atoms with Gasteiger partial charge in [0.2, 0.25) is 0 Å². The fourth-order valence-corrected chi connectivity index (χ4v) is 5.90. The minimum atomic E-state index is 0.725. The molecule has 19 heavy (non-hydrogen) atoms. The molecule has 0 nitrogen and oxygen atoms in total. The van der Waals surface area contributed by atoms with Crippen molar-refractivity contribution >= 4 is 12.6 Å². The predicted octanol–water partition coefficient (Wildman–Crippen LogP) is 5.72. The lowest BCUT2D eigenvalue weighted by Crippen LogP contribution is -2.18. The molecule has 3 aliphatic rings. The van der Waals surface area contributed by atoms with Crippen LogP contribution in [0.1, 0.15) is 77.6 Å². The summed E-state index contributed by atoms with van der Waals surface area (Å²) in [6.45, 7) is 2.49. The third-order valence-electron chi connectivity index (χ3n) is 6.41. The van der Waals surface area contributed by atoms with Crippen LogP contribution >= 0.6 is 12.6 Å². The third kappa shape index (κ3) is 3.52. The summed E-state index contributed by atoms with van der Waals surface area (Å²) in [5.74, 6) is 5.15. The maximum absolute atomic E-state index is 4.83. The van der Waals surface area contributed by atoms with Gasteiger partial charge >= 0.3 is 0 Å². The van der Waals surface area contributed by atoms with Crippen LogP contribution in [0.5, 0.6) is 0 Å². The lowest BCUT2D eigenvalue weighted by Gasteiger charge is -2.26. The monoisotopic (exact) mass is 280 g/mol. The smallest absolute Gasteiger partial charge is 0.00451 e. The molecule has 3 aliphatic carbocycles. The Morgan fingerprint density at radius 2 is 1.47 bits per heavy atom. The topological polar surface area (TPSA) is 0 Å². The van der Waals surface area contributed by atoms with E-state index >= 15 is 0 Å². The fraction of sp³-hybridized carbons (Fsp3) is 1.00. The fourth-order valence-electron chi connectivity index (χ4n) is 5.45. The molecule has 0 amide bonds. The van der Waals surface area contributed by atoms with Crippen molar-refractivity contribution in [1.29, 1.82) is 0 Å². The number of hydrogen-bond donors (Lipinski definition) is 1. The van der Waals surface area contributed by atoms with Crippen molar-refractivity contribution in [2.24, 2.45) is 29.6 Å². The zero-order valence-electron chi connectivity index (χ0n) is 12.7. The average molecular weight is 281 g/mol. The highest BCUT2D eigenvalue weighted by Crippen LogP contribution is 2.47. The Balaban J connectivity index is 1.55. The van der Waals surface area contributed by atoms with Crippen molar-refractivity contribution in [1.82, 2.24) is 0 Å². The zero-order chi connectivity index (χ0) is 13.2. The highest BCUT2D eigenvalue weighted by Gasteiger charge is 2.37. The molecule has 3 saturated carbocycles. The van der Waals surface area contributed by atoms with Crippen molar-refractivity contribution < 1.29 is 0 Å². The van der Waals surface area contributed by atoms with Gasteiger partial charge in [0.05, 0.1) is 0 Å². The first-order valence-electron chi connectivity index (χ1n) is 8.90. The summed E-state index contributed by atoms with van der Waals surface area (Å²) in [5.41, 5.74) is 0. The highest BCUT2D eigenvalue weighted by molar-refractivity contribution is 7.81. The minimum absolute atomic E-state index is 0.725. The van der Waals surface area contributed by atoms with E-state index in [2.05, 4.69) is 6.92 Å². The van der Waals surface area contributed by atoms with Crippen LogP contribution < -0.4 is 0 Å². The minimum Gasteiger partial charge on any atom is -0.176 e. The Hall–Kier alpha value is 0.350. The van der Waals surface area contributed by atoms with E-state index in [0.717, 1.165) is 34.8 Å². The summed E-state index contributed by atoms with van der Waals surface area (Å²) in [4.78, 5) is 0. The van der Waals surface area contributed by atoms with E-state index in [1.165, 1.54) is 64.2 Å². The maximum atomic E-state index is 4.83. The molecule has 0 bridgehead atoms. The Morgan fingerprint density at radius 3 is 2.11 bits per heavy atom. The molecule has 5 atom stereocenters. The largest absolute Gasteiger partial charge is 0.176 e. The lowest BCUT2D eigenvalue weighted by atomic mass is 9.81. The van der Waals surface area contributed by atoms with Gasteiger partial charge in [0.25, 0.3) is 0 Å². The van der Waals surface area contributed by atoms with Gasteiger partial charge in [-0.25, -0.2) is 0 Å². The van der Waals surface area contributed by atoms with Crippen LogP contribution in [-0.2, 0) is 0 Å². The molecule has 0 spiro atoms. The van der Waals surface area contributed by atoms with Crippen LogP contribution in [0.25, 0.3) is 0 Å². The molecule has 0 aromatic carbocycles. The third-order valence-corrected chi connectivity index (χ3v) is 7.09. The number of rotatable bonds is 4. The molecule has 0 saturated heterocycles. The van der Waals surface area contributed by atoms with Crippen molar-refractivity contribution in [2.75, 3.05) is 0 Å². The summed E-state index contributed by atoms with van der Waals surface area (Å²) >= 11 is 4.83. The van der Waals surface area contributed by atoms with Gasteiger partial charge in [0.1, 0.15) is 0 Å². The summed E-state index contributed by atoms with van der Waals surface area (Å²) in [6, 6.07) is 0. The molecule has 0 N–H and O–H groups in total. The average Bonchev–Trinajstić information content (AvgIpc) is 3.06. The van der Waals surface area contributed by atoms with E-state index in [-0.39, 0.29) is 0 Å². The molecule has 110 valence electrons.